The van der Waals surface area contributed by atoms with Crippen molar-refractivity contribution in [2.45, 2.75) is 6.10 Å². The number of ether oxygens (including phenoxy) is 3. The average molecular weight is 261 g/mol. The van der Waals surface area contributed by atoms with E-state index in [1.54, 1.807) is 0 Å². The number of methoxy groups -OCH3 is 3. The average Bonchev–Trinajstić information content (AvgIpc) is 2.35. The molecule has 0 amide bonds. The molecule has 1 atom stereocenters. The molecule has 1 aromatic rings. The lowest BCUT2D eigenvalue weighted by Crippen LogP contribution is -2.14. The van der Waals surface area contributed by atoms with Gasteiger partial charge in [-0.1, -0.05) is 11.6 Å². The number of hydrogen-bond donors (Lipinski definition) is 1. The molecule has 0 saturated carbocycles. The van der Waals surface area contributed by atoms with E-state index in [2.05, 4.69) is 4.74 Å². The maximum absolute atomic E-state index is 11.3. The molecule has 1 unspecified atom stereocenters. The molecule has 0 heterocycles. The van der Waals surface area contributed by atoms with E-state index in [4.69, 9.17) is 21.1 Å². The first-order chi connectivity index (χ1) is 8.04. The molecule has 1 aromatic carbocycles. The molecule has 1 rings (SSSR count). The second kappa shape index (κ2) is 5.75. The van der Waals surface area contributed by atoms with Crippen molar-refractivity contribution in [1.82, 2.24) is 0 Å². The van der Waals surface area contributed by atoms with Crippen molar-refractivity contribution in [1.29, 1.82) is 0 Å². The number of benzene rings is 1. The van der Waals surface area contributed by atoms with E-state index in [0.717, 1.165) is 0 Å². The molecule has 0 spiro atoms. The minimum Gasteiger partial charge on any atom is -0.497 e. The molecule has 17 heavy (non-hydrogen) atoms. The smallest absolute Gasteiger partial charge is 0.339 e. The Balaban J connectivity index is 3.28. The number of aliphatic hydroxyl groups excluding tert-OH is 1. The van der Waals surface area contributed by atoms with Crippen molar-refractivity contribution in [3.05, 3.63) is 22.7 Å². The molecule has 0 radical (unpaired) electrons. The molecular weight excluding hydrogens is 248 g/mol. The predicted molar refractivity (Wildman–Crippen MR) is 61.5 cm³/mol. The SMILES string of the molecule is COC(=O)C(O)c1cc(OC)cc(Cl)c1OC. The Hall–Kier alpha value is -1.46. The summed E-state index contributed by atoms with van der Waals surface area (Å²) in [4.78, 5) is 11.3. The van der Waals surface area contributed by atoms with Crippen molar-refractivity contribution >= 4 is 17.6 Å². The molecular formula is C11H13ClO5. The van der Waals surface area contributed by atoms with Crippen molar-refractivity contribution in [2.24, 2.45) is 0 Å². The Bertz CT molecular complexity index is 419. The third-order valence-corrected chi connectivity index (χ3v) is 2.49. The van der Waals surface area contributed by atoms with Gasteiger partial charge in [0.1, 0.15) is 11.5 Å². The van der Waals surface area contributed by atoms with E-state index in [1.807, 2.05) is 0 Å². The lowest BCUT2D eigenvalue weighted by molar-refractivity contribution is -0.150. The molecule has 94 valence electrons. The van der Waals surface area contributed by atoms with Gasteiger partial charge in [-0.05, 0) is 6.07 Å². The van der Waals surface area contributed by atoms with Crippen LogP contribution in [0.3, 0.4) is 0 Å². The summed E-state index contributed by atoms with van der Waals surface area (Å²) >= 11 is 5.94. The zero-order valence-electron chi connectivity index (χ0n) is 9.69. The van der Waals surface area contributed by atoms with Crippen molar-refractivity contribution < 1.29 is 24.1 Å². The predicted octanol–water partition coefficient (Wildman–Crippen LogP) is 1.56. The molecule has 1 N–H and O–H groups in total. The van der Waals surface area contributed by atoms with Crippen LogP contribution in [0, 0.1) is 0 Å². The number of esters is 1. The van der Waals surface area contributed by atoms with Gasteiger partial charge in [0, 0.05) is 11.6 Å². The van der Waals surface area contributed by atoms with Crippen molar-refractivity contribution in [3.63, 3.8) is 0 Å². The Morgan fingerprint density at radius 3 is 2.41 bits per heavy atom. The highest BCUT2D eigenvalue weighted by atomic mass is 35.5. The number of carbonyl (C=O) groups is 1. The van der Waals surface area contributed by atoms with Crippen LogP contribution in [-0.2, 0) is 9.53 Å². The monoisotopic (exact) mass is 260 g/mol. The van der Waals surface area contributed by atoms with Gasteiger partial charge in [0.25, 0.3) is 0 Å². The standard InChI is InChI=1S/C11H13ClO5/c1-15-6-4-7(9(13)11(14)17-3)10(16-2)8(12)5-6/h4-5,9,13H,1-3H3. The van der Waals surface area contributed by atoms with Gasteiger partial charge in [-0.15, -0.1) is 0 Å². The summed E-state index contributed by atoms with van der Waals surface area (Å²) in [5.74, 6) is -0.174. The van der Waals surface area contributed by atoms with Crippen LogP contribution >= 0.6 is 11.6 Å². The van der Waals surface area contributed by atoms with E-state index in [1.165, 1.54) is 33.5 Å². The first kappa shape index (κ1) is 13.6. The highest BCUT2D eigenvalue weighted by Gasteiger charge is 2.24. The number of carbonyl (C=O) groups excluding carboxylic acids is 1. The Kier molecular flexibility index (Phi) is 4.60. The van der Waals surface area contributed by atoms with Gasteiger partial charge in [0.2, 0.25) is 0 Å². The van der Waals surface area contributed by atoms with Gasteiger partial charge >= 0.3 is 5.97 Å². The quantitative estimate of drug-likeness (QED) is 0.833. The van der Waals surface area contributed by atoms with Crippen LogP contribution in [0.4, 0.5) is 0 Å². The van der Waals surface area contributed by atoms with Crippen LogP contribution in [0.25, 0.3) is 0 Å². The summed E-state index contributed by atoms with van der Waals surface area (Å²) in [5, 5.41) is 10.0. The number of halogens is 1. The first-order valence-corrected chi connectivity index (χ1v) is 5.10. The van der Waals surface area contributed by atoms with Gasteiger partial charge in [0.15, 0.2) is 6.10 Å². The fourth-order valence-electron chi connectivity index (χ4n) is 1.36. The third-order valence-electron chi connectivity index (χ3n) is 2.20. The lowest BCUT2D eigenvalue weighted by atomic mass is 10.1. The summed E-state index contributed by atoms with van der Waals surface area (Å²) < 4.78 is 14.5. The van der Waals surface area contributed by atoms with Gasteiger partial charge in [-0.25, -0.2) is 4.79 Å². The molecule has 0 aromatic heterocycles. The minimum atomic E-state index is -1.47. The topological polar surface area (TPSA) is 65.0 Å². The zero-order chi connectivity index (χ0) is 13.0. The van der Waals surface area contributed by atoms with Gasteiger partial charge in [0.05, 0.1) is 26.4 Å². The van der Waals surface area contributed by atoms with Crippen LogP contribution in [0.1, 0.15) is 11.7 Å². The summed E-state index contributed by atoms with van der Waals surface area (Å²) in [7, 11) is 4.02. The fraction of sp³-hybridized carbons (Fsp3) is 0.364. The Morgan fingerprint density at radius 2 is 1.94 bits per heavy atom. The molecule has 0 aliphatic carbocycles. The maximum Gasteiger partial charge on any atom is 0.339 e. The first-order valence-electron chi connectivity index (χ1n) is 4.72. The van der Waals surface area contributed by atoms with E-state index in [0.29, 0.717) is 5.75 Å². The molecule has 0 saturated heterocycles. The van der Waals surface area contributed by atoms with E-state index >= 15 is 0 Å². The summed E-state index contributed by atoms with van der Waals surface area (Å²) in [6.45, 7) is 0. The van der Waals surface area contributed by atoms with E-state index < -0.39 is 12.1 Å². The van der Waals surface area contributed by atoms with Crippen LogP contribution in [0.15, 0.2) is 12.1 Å². The van der Waals surface area contributed by atoms with Gasteiger partial charge in [-0.3, -0.25) is 0 Å². The third kappa shape index (κ3) is 2.81. The second-order valence-electron chi connectivity index (χ2n) is 3.16. The molecule has 0 bridgehead atoms. The number of hydrogen-bond acceptors (Lipinski definition) is 5. The molecule has 6 heteroatoms. The Labute approximate surface area is 104 Å². The molecule has 0 fully saturated rings. The van der Waals surface area contributed by atoms with Crippen molar-refractivity contribution in [3.8, 4) is 11.5 Å². The molecule has 5 nitrogen and oxygen atoms in total. The van der Waals surface area contributed by atoms with Crippen LogP contribution in [0.2, 0.25) is 5.02 Å². The molecule has 0 aliphatic heterocycles. The maximum atomic E-state index is 11.3. The highest BCUT2D eigenvalue weighted by Crippen LogP contribution is 2.37. The van der Waals surface area contributed by atoms with Crippen LogP contribution in [-0.4, -0.2) is 32.4 Å². The summed E-state index contributed by atoms with van der Waals surface area (Å²) in [6.07, 6.45) is -1.47. The van der Waals surface area contributed by atoms with Gasteiger partial charge < -0.3 is 19.3 Å². The Morgan fingerprint density at radius 1 is 1.29 bits per heavy atom. The minimum absolute atomic E-state index is 0.198. The van der Waals surface area contributed by atoms with Crippen LogP contribution in [0.5, 0.6) is 11.5 Å². The number of rotatable bonds is 4. The normalized spacial score (nSPS) is 11.8. The summed E-state index contributed by atoms with van der Waals surface area (Å²) in [5.41, 5.74) is 0.198. The fourth-order valence-corrected chi connectivity index (χ4v) is 1.66. The van der Waals surface area contributed by atoms with E-state index in [-0.39, 0.29) is 16.3 Å². The largest absolute Gasteiger partial charge is 0.497 e. The van der Waals surface area contributed by atoms with Gasteiger partial charge in [-0.2, -0.15) is 0 Å². The molecule has 0 aliphatic rings. The lowest BCUT2D eigenvalue weighted by Gasteiger charge is -2.15. The zero-order valence-corrected chi connectivity index (χ0v) is 10.4. The summed E-state index contributed by atoms with van der Waals surface area (Å²) in [6, 6.07) is 2.99. The van der Waals surface area contributed by atoms with Crippen molar-refractivity contribution in [2.75, 3.05) is 21.3 Å². The van der Waals surface area contributed by atoms with Crippen LogP contribution < -0.4 is 9.47 Å². The second-order valence-corrected chi connectivity index (χ2v) is 3.56. The number of aliphatic hydroxyl groups is 1. The highest BCUT2D eigenvalue weighted by molar-refractivity contribution is 6.32. The van der Waals surface area contributed by atoms with E-state index in [9.17, 15) is 9.90 Å².